The Morgan fingerprint density at radius 2 is 2.00 bits per heavy atom. The normalized spacial score (nSPS) is 16.4. The minimum absolute atomic E-state index is 0.0468. The van der Waals surface area contributed by atoms with Crippen LogP contribution in [0.15, 0.2) is 42.5 Å². The molecular formula is C20H24N2O. The van der Waals surface area contributed by atoms with E-state index in [1.54, 1.807) is 0 Å². The van der Waals surface area contributed by atoms with Gasteiger partial charge < -0.3 is 5.32 Å². The third kappa shape index (κ3) is 3.45. The monoisotopic (exact) mass is 308 g/mol. The van der Waals surface area contributed by atoms with Gasteiger partial charge in [0.2, 0.25) is 5.91 Å². The Balaban J connectivity index is 1.65. The number of nitrogens with one attached hydrogen (secondary N) is 1. The molecule has 1 atom stereocenters. The number of nitrogens with zero attached hydrogens (tertiary/aromatic N) is 1. The van der Waals surface area contributed by atoms with Gasteiger partial charge in [-0.3, -0.25) is 9.69 Å². The van der Waals surface area contributed by atoms with Crippen LogP contribution < -0.4 is 5.32 Å². The van der Waals surface area contributed by atoms with Gasteiger partial charge in [0, 0.05) is 11.7 Å². The van der Waals surface area contributed by atoms with Crippen LogP contribution in [-0.4, -0.2) is 24.4 Å². The summed E-state index contributed by atoms with van der Waals surface area (Å²) in [5.41, 5.74) is 5.95. The highest BCUT2D eigenvalue weighted by Gasteiger charge is 2.26. The van der Waals surface area contributed by atoms with E-state index in [4.69, 9.17) is 0 Å². The highest BCUT2D eigenvalue weighted by atomic mass is 16.2. The van der Waals surface area contributed by atoms with Crippen molar-refractivity contribution in [1.29, 1.82) is 0 Å². The summed E-state index contributed by atoms with van der Waals surface area (Å²) in [7, 11) is 2.04. The summed E-state index contributed by atoms with van der Waals surface area (Å²) >= 11 is 0. The lowest BCUT2D eigenvalue weighted by Gasteiger charge is -2.24. The lowest BCUT2D eigenvalue weighted by atomic mass is 10.1. The highest BCUT2D eigenvalue weighted by molar-refractivity contribution is 5.93. The smallest absolute Gasteiger partial charge is 0.238 e. The topological polar surface area (TPSA) is 32.3 Å². The molecule has 3 nitrogen and oxygen atoms in total. The molecule has 0 bridgehead atoms. The fraction of sp³-hybridized carbons (Fsp3) is 0.350. The fourth-order valence-corrected chi connectivity index (χ4v) is 3.39. The molecule has 0 saturated carbocycles. The van der Waals surface area contributed by atoms with E-state index in [0.717, 1.165) is 29.7 Å². The number of rotatable bonds is 4. The Labute approximate surface area is 138 Å². The molecule has 2 aromatic carbocycles. The molecule has 0 unspecified atom stereocenters. The van der Waals surface area contributed by atoms with E-state index in [0.29, 0.717) is 12.6 Å². The predicted octanol–water partition coefficient (Wildman–Crippen LogP) is 3.86. The highest BCUT2D eigenvalue weighted by Crippen LogP contribution is 2.34. The summed E-state index contributed by atoms with van der Waals surface area (Å²) in [4.78, 5) is 14.6. The van der Waals surface area contributed by atoms with Crippen molar-refractivity contribution in [3.05, 3.63) is 64.7 Å². The fourth-order valence-electron chi connectivity index (χ4n) is 3.39. The first-order chi connectivity index (χ1) is 11.0. The molecule has 1 aliphatic rings. The maximum absolute atomic E-state index is 12.4. The number of anilines is 1. The zero-order chi connectivity index (χ0) is 16.4. The summed E-state index contributed by atoms with van der Waals surface area (Å²) in [6.07, 6.45) is 2.19. The van der Waals surface area contributed by atoms with Crippen LogP contribution in [0.2, 0.25) is 0 Å². The number of amides is 1. The molecule has 3 rings (SSSR count). The van der Waals surface area contributed by atoms with Crippen LogP contribution in [0.4, 0.5) is 5.69 Å². The van der Waals surface area contributed by atoms with Crippen LogP contribution in [0.3, 0.4) is 0 Å². The van der Waals surface area contributed by atoms with Gasteiger partial charge in [0.15, 0.2) is 0 Å². The Bertz CT molecular complexity index is 723. The Hall–Kier alpha value is -2.13. The quantitative estimate of drug-likeness (QED) is 0.930. The lowest BCUT2D eigenvalue weighted by molar-refractivity contribution is -0.117. The first-order valence-electron chi connectivity index (χ1n) is 8.20. The maximum atomic E-state index is 12.4. The van der Waals surface area contributed by atoms with Crippen molar-refractivity contribution in [2.75, 3.05) is 18.9 Å². The second-order valence-corrected chi connectivity index (χ2v) is 6.53. The summed E-state index contributed by atoms with van der Waals surface area (Å²) in [6.45, 7) is 4.47. The van der Waals surface area contributed by atoms with Crippen molar-refractivity contribution in [1.82, 2.24) is 4.90 Å². The molecule has 0 saturated heterocycles. The largest absolute Gasteiger partial charge is 0.325 e. The summed E-state index contributed by atoms with van der Waals surface area (Å²) in [6, 6.07) is 15.0. The molecule has 0 aliphatic heterocycles. The first kappa shape index (κ1) is 15.8. The van der Waals surface area contributed by atoms with Crippen molar-refractivity contribution in [2.24, 2.45) is 0 Å². The van der Waals surface area contributed by atoms with Gasteiger partial charge in [0.05, 0.1) is 6.54 Å². The summed E-state index contributed by atoms with van der Waals surface area (Å²) in [5, 5.41) is 3.05. The van der Waals surface area contributed by atoms with E-state index in [9.17, 15) is 4.79 Å². The predicted molar refractivity (Wildman–Crippen MR) is 94.7 cm³/mol. The first-order valence-corrected chi connectivity index (χ1v) is 8.20. The van der Waals surface area contributed by atoms with Crippen LogP contribution in [0.1, 0.15) is 34.7 Å². The van der Waals surface area contributed by atoms with E-state index in [1.165, 1.54) is 11.1 Å². The second-order valence-electron chi connectivity index (χ2n) is 6.53. The number of hydrogen-bond acceptors (Lipinski definition) is 2. The molecule has 1 aliphatic carbocycles. The average Bonchev–Trinajstić information content (AvgIpc) is 2.95. The van der Waals surface area contributed by atoms with Crippen LogP contribution in [0.25, 0.3) is 0 Å². The number of likely N-dealkylation sites (N-methyl/N-ethyl adjacent to an activating group) is 1. The van der Waals surface area contributed by atoms with Crippen molar-refractivity contribution in [3.8, 4) is 0 Å². The Morgan fingerprint density at radius 1 is 1.22 bits per heavy atom. The third-order valence-corrected chi connectivity index (χ3v) is 4.69. The van der Waals surface area contributed by atoms with E-state index >= 15 is 0 Å². The molecule has 2 aromatic rings. The summed E-state index contributed by atoms with van der Waals surface area (Å²) in [5.74, 6) is 0.0468. The van der Waals surface area contributed by atoms with Crippen molar-refractivity contribution >= 4 is 11.6 Å². The standard InChI is InChI=1S/C20H24N2O/c1-14-8-9-15(2)18(12-14)21-20(23)13-22(3)19-11-10-16-6-4-5-7-17(16)19/h4-9,12,19H,10-11,13H2,1-3H3,(H,21,23)/t19-/m0/s1. The zero-order valence-corrected chi connectivity index (χ0v) is 14.1. The zero-order valence-electron chi connectivity index (χ0n) is 14.1. The molecule has 23 heavy (non-hydrogen) atoms. The maximum Gasteiger partial charge on any atom is 0.238 e. The van der Waals surface area contributed by atoms with Gasteiger partial charge in [-0.1, -0.05) is 36.4 Å². The van der Waals surface area contributed by atoms with E-state index in [2.05, 4.69) is 40.5 Å². The molecule has 0 radical (unpaired) electrons. The second kappa shape index (κ2) is 6.55. The Kier molecular flexibility index (Phi) is 4.49. The molecule has 3 heteroatoms. The average molecular weight is 308 g/mol. The number of hydrogen-bond donors (Lipinski definition) is 1. The van der Waals surface area contributed by atoms with Crippen LogP contribution in [0.5, 0.6) is 0 Å². The van der Waals surface area contributed by atoms with Crippen LogP contribution >= 0.6 is 0 Å². The van der Waals surface area contributed by atoms with Gasteiger partial charge in [-0.15, -0.1) is 0 Å². The van der Waals surface area contributed by atoms with Crippen molar-refractivity contribution < 1.29 is 4.79 Å². The van der Waals surface area contributed by atoms with Gasteiger partial charge in [-0.25, -0.2) is 0 Å². The van der Waals surface area contributed by atoms with Crippen LogP contribution in [0, 0.1) is 13.8 Å². The minimum atomic E-state index is 0.0468. The molecule has 120 valence electrons. The van der Waals surface area contributed by atoms with Crippen molar-refractivity contribution in [2.45, 2.75) is 32.7 Å². The van der Waals surface area contributed by atoms with Gasteiger partial charge in [0.25, 0.3) is 0 Å². The minimum Gasteiger partial charge on any atom is -0.325 e. The third-order valence-electron chi connectivity index (χ3n) is 4.69. The number of aryl methyl sites for hydroxylation is 3. The van der Waals surface area contributed by atoms with E-state index in [-0.39, 0.29) is 5.91 Å². The SMILES string of the molecule is Cc1ccc(C)c(NC(=O)CN(C)[C@H]2CCc3ccccc32)c1. The number of benzene rings is 2. The van der Waals surface area contributed by atoms with Gasteiger partial charge in [0.1, 0.15) is 0 Å². The van der Waals surface area contributed by atoms with Gasteiger partial charge in [-0.05, 0) is 62.1 Å². The summed E-state index contributed by atoms with van der Waals surface area (Å²) < 4.78 is 0. The van der Waals surface area contributed by atoms with E-state index in [1.807, 2.05) is 33.0 Å². The molecule has 1 amide bonds. The molecule has 0 fully saturated rings. The number of carbonyl (C=O) groups is 1. The van der Waals surface area contributed by atoms with Crippen molar-refractivity contribution in [3.63, 3.8) is 0 Å². The lowest BCUT2D eigenvalue weighted by Crippen LogP contribution is -2.32. The Morgan fingerprint density at radius 3 is 2.83 bits per heavy atom. The number of carbonyl (C=O) groups excluding carboxylic acids is 1. The number of fused-ring (bicyclic) bond motifs is 1. The molecular weight excluding hydrogens is 284 g/mol. The molecule has 1 N–H and O–H groups in total. The molecule has 0 aromatic heterocycles. The molecule has 0 heterocycles. The van der Waals surface area contributed by atoms with Gasteiger partial charge >= 0.3 is 0 Å². The van der Waals surface area contributed by atoms with E-state index < -0.39 is 0 Å². The van der Waals surface area contributed by atoms with Crippen LogP contribution in [-0.2, 0) is 11.2 Å². The van der Waals surface area contributed by atoms with Gasteiger partial charge in [-0.2, -0.15) is 0 Å². The molecule has 0 spiro atoms.